The summed E-state index contributed by atoms with van der Waals surface area (Å²) in [5, 5.41) is 4.74. The first-order valence-corrected chi connectivity index (χ1v) is 8.47. The molecule has 3 rings (SSSR count). The third-order valence-electron chi connectivity index (χ3n) is 3.24. The number of benzene rings is 1. The van der Waals surface area contributed by atoms with Gasteiger partial charge in [0.25, 0.3) is 0 Å². The van der Waals surface area contributed by atoms with Gasteiger partial charge in [-0.1, -0.05) is 12.1 Å². The van der Waals surface area contributed by atoms with Crippen LogP contribution in [-0.2, 0) is 13.0 Å². The average Bonchev–Trinajstić information content (AvgIpc) is 3.02. The highest BCUT2D eigenvalue weighted by atomic mass is 32.1. The molecule has 2 nitrogen and oxygen atoms in total. The van der Waals surface area contributed by atoms with Gasteiger partial charge >= 0.3 is 0 Å². The predicted octanol–water partition coefficient (Wildman–Crippen LogP) is 4.39. The highest BCUT2D eigenvalue weighted by Crippen LogP contribution is 2.21. The number of hydrogen-bond acceptors (Lipinski definition) is 4. The minimum Gasteiger partial charge on any atom is -0.308 e. The molecule has 0 aliphatic heterocycles. The molecule has 0 amide bonds. The van der Waals surface area contributed by atoms with Crippen molar-refractivity contribution >= 4 is 32.9 Å². The lowest BCUT2D eigenvalue weighted by molar-refractivity contribution is 0.548. The van der Waals surface area contributed by atoms with E-state index in [0.717, 1.165) is 18.5 Å². The van der Waals surface area contributed by atoms with E-state index in [0.29, 0.717) is 6.04 Å². The van der Waals surface area contributed by atoms with Gasteiger partial charge in [0.05, 0.1) is 10.2 Å². The maximum absolute atomic E-state index is 4.65. The molecule has 104 valence electrons. The fourth-order valence-corrected chi connectivity index (χ4v) is 4.16. The van der Waals surface area contributed by atoms with Crippen molar-refractivity contribution in [1.82, 2.24) is 10.3 Å². The molecule has 2 heterocycles. The summed E-state index contributed by atoms with van der Waals surface area (Å²) in [6, 6.07) is 13.2. The number of para-hydroxylation sites is 1. The van der Waals surface area contributed by atoms with Crippen molar-refractivity contribution in [2.75, 3.05) is 0 Å². The second kappa shape index (κ2) is 6.04. The molecular weight excluding hydrogens is 284 g/mol. The molecule has 0 saturated heterocycles. The number of thiazole rings is 1. The molecule has 3 aromatic rings. The molecule has 0 saturated carbocycles. The van der Waals surface area contributed by atoms with Gasteiger partial charge in [0, 0.05) is 22.3 Å². The van der Waals surface area contributed by atoms with Gasteiger partial charge in [0.2, 0.25) is 0 Å². The molecule has 4 heteroatoms. The molecule has 0 fully saturated rings. The van der Waals surface area contributed by atoms with Crippen LogP contribution in [0, 0.1) is 6.92 Å². The Kier molecular flexibility index (Phi) is 4.15. The third-order valence-corrected chi connectivity index (χ3v) is 5.30. The third kappa shape index (κ3) is 3.26. The average molecular weight is 302 g/mol. The number of rotatable bonds is 5. The van der Waals surface area contributed by atoms with Crippen LogP contribution in [0.4, 0.5) is 0 Å². The maximum atomic E-state index is 4.65. The standard InChI is InChI=1S/C16H18N2S2/c1-11(9-13-8-7-12(2)19-13)17-10-16-18-14-5-3-4-6-15(14)20-16/h3-8,11,17H,9-10H2,1-2H3. The molecule has 0 aliphatic carbocycles. The first-order valence-electron chi connectivity index (χ1n) is 6.84. The lowest BCUT2D eigenvalue weighted by Gasteiger charge is -2.11. The summed E-state index contributed by atoms with van der Waals surface area (Å²) in [4.78, 5) is 7.49. The Bertz CT molecular complexity index is 666. The molecule has 1 N–H and O–H groups in total. The van der Waals surface area contributed by atoms with E-state index >= 15 is 0 Å². The molecule has 2 aromatic heterocycles. The largest absolute Gasteiger partial charge is 0.308 e. The topological polar surface area (TPSA) is 24.9 Å². The smallest absolute Gasteiger partial charge is 0.108 e. The molecule has 0 spiro atoms. The van der Waals surface area contributed by atoms with Gasteiger partial charge in [-0.15, -0.1) is 22.7 Å². The van der Waals surface area contributed by atoms with Crippen molar-refractivity contribution in [2.45, 2.75) is 32.9 Å². The van der Waals surface area contributed by atoms with Crippen LogP contribution in [-0.4, -0.2) is 11.0 Å². The molecule has 0 aliphatic rings. The Balaban J connectivity index is 1.58. The van der Waals surface area contributed by atoms with Crippen LogP contribution >= 0.6 is 22.7 Å². The van der Waals surface area contributed by atoms with Gasteiger partial charge in [0.15, 0.2) is 0 Å². The van der Waals surface area contributed by atoms with Gasteiger partial charge in [-0.25, -0.2) is 4.98 Å². The first-order chi connectivity index (χ1) is 9.70. The number of fused-ring (bicyclic) bond motifs is 1. The summed E-state index contributed by atoms with van der Waals surface area (Å²) >= 11 is 3.67. The van der Waals surface area contributed by atoms with Gasteiger partial charge in [-0.2, -0.15) is 0 Å². The predicted molar refractivity (Wildman–Crippen MR) is 88.7 cm³/mol. The van der Waals surface area contributed by atoms with Gasteiger partial charge in [-0.05, 0) is 44.5 Å². The highest BCUT2D eigenvalue weighted by molar-refractivity contribution is 7.18. The fraction of sp³-hybridized carbons (Fsp3) is 0.312. The lowest BCUT2D eigenvalue weighted by atomic mass is 10.2. The van der Waals surface area contributed by atoms with Crippen LogP contribution in [0.25, 0.3) is 10.2 Å². The van der Waals surface area contributed by atoms with E-state index < -0.39 is 0 Å². The zero-order chi connectivity index (χ0) is 13.9. The Morgan fingerprint density at radius 3 is 2.75 bits per heavy atom. The Hall–Kier alpha value is -1.23. The maximum Gasteiger partial charge on any atom is 0.108 e. The summed E-state index contributed by atoms with van der Waals surface area (Å²) in [6.07, 6.45) is 1.09. The number of thiophene rings is 1. The number of hydrogen-bond donors (Lipinski definition) is 1. The van der Waals surface area contributed by atoms with Crippen LogP contribution < -0.4 is 5.32 Å². The van der Waals surface area contributed by atoms with Crippen molar-refractivity contribution in [2.24, 2.45) is 0 Å². The van der Waals surface area contributed by atoms with Crippen LogP contribution in [0.5, 0.6) is 0 Å². The minimum atomic E-state index is 0.472. The quantitative estimate of drug-likeness (QED) is 0.756. The van der Waals surface area contributed by atoms with Crippen LogP contribution in [0.2, 0.25) is 0 Å². The van der Waals surface area contributed by atoms with E-state index in [1.807, 2.05) is 17.4 Å². The number of aromatic nitrogens is 1. The second-order valence-corrected chi connectivity index (χ2v) is 7.56. The van der Waals surface area contributed by atoms with Crippen LogP contribution in [0.1, 0.15) is 21.7 Å². The zero-order valence-corrected chi connectivity index (χ0v) is 13.4. The Morgan fingerprint density at radius 1 is 1.15 bits per heavy atom. The molecular formula is C16H18N2S2. The van der Waals surface area contributed by atoms with Crippen LogP contribution in [0.3, 0.4) is 0 Å². The summed E-state index contributed by atoms with van der Waals surface area (Å²) < 4.78 is 1.27. The van der Waals surface area contributed by atoms with Gasteiger partial charge < -0.3 is 5.32 Å². The molecule has 1 unspecified atom stereocenters. The van der Waals surface area contributed by atoms with Crippen molar-refractivity contribution in [3.63, 3.8) is 0 Å². The number of nitrogens with zero attached hydrogens (tertiary/aromatic N) is 1. The number of aryl methyl sites for hydroxylation is 1. The van der Waals surface area contributed by atoms with Crippen LogP contribution in [0.15, 0.2) is 36.4 Å². The summed E-state index contributed by atoms with van der Waals surface area (Å²) in [5.41, 5.74) is 1.11. The van der Waals surface area contributed by atoms with E-state index in [9.17, 15) is 0 Å². The van der Waals surface area contributed by atoms with Gasteiger partial charge in [-0.3, -0.25) is 0 Å². The highest BCUT2D eigenvalue weighted by Gasteiger charge is 2.07. The molecule has 20 heavy (non-hydrogen) atoms. The SMILES string of the molecule is Cc1ccc(CC(C)NCc2nc3ccccc3s2)s1. The molecule has 1 aromatic carbocycles. The van der Waals surface area contributed by atoms with E-state index in [-0.39, 0.29) is 0 Å². The monoisotopic (exact) mass is 302 g/mol. The molecule has 1 atom stereocenters. The van der Waals surface area contributed by atoms with E-state index in [2.05, 4.69) is 54.5 Å². The Morgan fingerprint density at radius 2 is 2.00 bits per heavy atom. The van der Waals surface area contributed by atoms with E-state index in [1.54, 1.807) is 11.3 Å². The molecule has 0 radical (unpaired) electrons. The zero-order valence-electron chi connectivity index (χ0n) is 11.7. The second-order valence-electron chi connectivity index (χ2n) is 5.07. The summed E-state index contributed by atoms with van der Waals surface area (Å²) in [6.45, 7) is 5.25. The van der Waals surface area contributed by atoms with E-state index in [4.69, 9.17) is 0 Å². The lowest BCUT2D eigenvalue weighted by Crippen LogP contribution is -2.27. The first kappa shape index (κ1) is 13.7. The van der Waals surface area contributed by atoms with Crippen molar-refractivity contribution in [3.05, 3.63) is 51.2 Å². The fourth-order valence-electron chi connectivity index (χ4n) is 2.23. The molecule has 0 bridgehead atoms. The normalized spacial score (nSPS) is 12.9. The minimum absolute atomic E-state index is 0.472. The van der Waals surface area contributed by atoms with Crippen molar-refractivity contribution in [3.8, 4) is 0 Å². The van der Waals surface area contributed by atoms with E-state index in [1.165, 1.54) is 19.5 Å². The number of nitrogens with one attached hydrogen (secondary N) is 1. The van der Waals surface area contributed by atoms with Crippen molar-refractivity contribution in [1.29, 1.82) is 0 Å². The Labute approximate surface area is 127 Å². The summed E-state index contributed by atoms with van der Waals surface area (Å²) in [5.74, 6) is 0. The van der Waals surface area contributed by atoms with Gasteiger partial charge in [0.1, 0.15) is 5.01 Å². The van der Waals surface area contributed by atoms with Crippen molar-refractivity contribution < 1.29 is 0 Å². The summed E-state index contributed by atoms with van der Waals surface area (Å²) in [7, 11) is 0.